The van der Waals surface area contributed by atoms with Crippen molar-refractivity contribution in [1.29, 1.82) is 0 Å². The van der Waals surface area contributed by atoms with E-state index in [-0.39, 0.29) is 5.56 Å². The summed E-state index contributed by atoms with van der Waals surface area (Å²) in [6.07, 6.45) is 2.37. The van der Waals surface area contributed by atoms with Gasteiger partial charge in [-0.2, -0.15) is 5.10 Å². The third kappa shape index (κ3) is 2.70. The maximum Gasteiger partial charge on any atom is 0.338 e. The number of carbonyl (C=O) groups is 1. The topological polar surface area (TPSA) is 63.1 Å². The Labute approximate surface area is 86.7 Å². The van der Waals surface area contributed by atoms with E-state index in [1.807, 2.05) is 6.92 Å². The second-order valence-electron chi connectivity index (χ2n) is 2.89. The van der Waals surface area contributed by atoms with Crippen LogP contribution in [0.3, 0.4) is 0 Å². The van der Waals surface area contributed by atoms with Crippen LogP contribution in [0.1, 0.15) is 30.6 Å². The number of carboxylic acid groups (broad SMARTS) is 1. The lowest BCUT2D eigenvalue weighted by atomic mass is 10.3. The Bertz CT molecular complexity index is 330. The number of hydrogen-bond acceptors (Lipinski definition) is 4. The molecule has 14 heavy (non-hydrogen) atoms. The van der Waals surface area contributed by atoms with Gasteiger partial charge in [-0.25, -0.2) is 4.79 Å². The van der Waals surface area contributed by atoms with Crippen molar-refractivity contribution in [3.63, 3.8) is 0 Å². The van der Waals surface area contributed by atoms with Gasteiger partial charge in [0.2, 0.25) is 0 Å². The van der Waals surface area contributed by atoms with Crippen LogP contribution in [0.15, 0.2) is 17.3 Å². The maximum absolute atomic E-state index is 10.8. The summed E-state index contributed by atoms with van der Waals surface area (Å²) >= 11 is 1.44. The van der Waals surface area contributed by atoms with E-state index in [1.54, 1.807) is 0 Å². The Balaban J connectivity index is 2.90. The molecule has 1 unspecified atom stereocenters. The SMILES string of the molecule is CCC(C)Sc1nnccc1C(=O)O. The van der Waals surface area contributed by atoms with Crippen LogP contribution in [0.5, 0.6) is 0 Å². The van der Waals surface area contributed by atoms with Crippen molar-refractivity contribution in [3.05, 3.63) is 17.8 Å². The summed E-state index contributed by atoms with van der Waals surface area (Å²) in [4.78, 5) is 10.8. The molecule has 5 heteroatoms. The van der Waals surface area contributed by atoms with Crippen molar-refractivity contribution in [1.82, 2.24) is 10.2 Å². The van der Waals surface area contributed by atoms with Gasteiger partial charge in [-0.15, -0.1) is 16.9 Å². The summed E-state index contributed by atoms with van der Waals surface area (Å²) in [6.45, 7) is 4.08. The normalized spacial score (nSPS) is 12.4. The fourth-order valence-corrected chi connectivity index (χ4v) is 1.77. The molecule has 4 nitrogen and oxygen atoms in total. The van der Waals surface area contributed by atoms with E-state index in [0.29, 0.717) is 10.3 Å². The van der Waals surface area contributed by atoms with Crippen LogP contribution in [0.25, 0.3) is 0 Å². The molecule has 1 heterocycles. The van der Waals surface area contributed by atoms with Gasteiger partial charge in [-0.05, 0) is 12.5 Å². The molecule has 1 aromatic heterocycles. The predicted molar refractivity (Wildman–Crippen MR) is 54.6 cm³/mol. The van der Waals surface area contributed by atoms with Gasteiger partial charge in [-0.3, -0.25) is 0 Å². The molecule has 0 aliphatic carbocycles. The Hall–Kier alpha value is -1.10. The van der Waals surface area contributed by atoms with Crippen LogP contribution in [0.2, 0.25) is 0 Å². The number of rotatable bonds is 4. The first-order chi connectivity index (χ1) is 6.65. The molecule has 1 atom stereocenters. The van der Waals surface area contributed by atoms with Gasteiger partial charge in [0.25, 0.3) is 0 Å². The van der Waals surface area contributed by atoms with E-state index in [2.05, 4.69) is 17.1 Å². The van der Waals surface area contributed by atoms with Crippen LogP contribution in [0.4, 0.5) is 0 Å². The molecule has 0 spiro atoms. The molecule has 0 aliphatic heterocycles. The van der Waals surface area contributed by atoms with Crippen LogP contribution in [0, 0.1) is 0 Å². The standard InChI is InChI=1S/C9H12N2O2S/c1-3-6(2)14-8-7(9(12)13)4-5-10-11-8/h4-6H,3H2,1-2H3,(H,12,13). The van der Waals surface area contributed by atoms with Crippen molar-refractivity contribution < 1.29 is 9.90 Å². The highest BCUT2D eigenvalue weighted by Gasteiger charge is 2.13. The Kier molecular flexibility index (Phi) is 3.88. The number of carboxylic acids is 1. The highest BCUT2D eigenvalue weighted by molar-refractivity contribution is 7.99. The van der Waals surface area contributed by atoms with Gasteiger partial charge in [0, 0.05) is 5.25 Å². The summed E-state index contributed by atoms with van der Waals surface area (Å²) in [5.74, 6) is -0.953. The first kappa shape index (κ1) is 11.0. The molecule has 0 radical (unpaired) electrons. The highest BCUT2D eigenvalue weighted by atomic mass is 32.2. The smallest absolute Gasteiger partial charge is 0.338 e. The monoisotopic (exact) mass is 212 g/mol. The minimum atomic E-state index is -0.953. The largest absolute Gasteiger partial charge is 0.478 e. The lowest BCUT2D eigenvalue weighted by molar-refractivity contribution is 0.0692. The fourth-order valence-electron chi connectivity index (χ4n) is 0.843. The van der Waals surface area contributed by atoms with Gasteiger partial charge in [0.15, 0.2) is 0 Å². The molecule has 76 valence electrons. The molecule has 1 rings (SSSR count). The number of thioether (sulfide) groups is 1. The fraction of sp³-hybridized carbons (Fsp3) is 0.444. The first-order valence-corrected chi connectivity index (χ1v) is 5.24. The highest BCUT2D eigenvalue weighted by Crippen LogP contribution is 2.25. The molecule has 0 amide bonds. The molecule has 0 bridgehead atoms. The number of hydrogen-bond donors (Lipinski definition) is 1. The number of nitrogens with zero attached hydrogens (tertiary/aromatic N) is 2. The molecule has 1 N–H and O–H groups in total. The van der Waals surface area contributed by atoms with E-state index in [1.165, 1.54) is 24.0 Å². The average Bonchev–Trinajstić information content (AvgIpc) is 2.18. The lowest BCUT2D eigenvalue weighted by Gasteiger charge is -2.07. The maximum atomic E-state index is 10.8. The van der Waals surface area contributed by atoms with Crippen molar-refractivity contribution >= 4 is 17.7 Å². The first-order valence-electron chi connectivity index (χ1n) is 4.36. The minimum absolute atomic E-state index is 0.227. The van der Waals surface area contributed by atoms with Gasteiger partial charge in [-0.1, -0.05) is 13.8 Å². The molecular formula is C9H12N2O2S. The predicted octanol–water partition coefficient (Wildman–Crippen LogP) is 2.07. The number of aromatic nitrogens is 2. The zero-order valence-corrected chi connectivity index (χ0v) is 8.91. The van der Waals surface area contributed by atoms with Gasteiger partial charge in [0.1, 0.15) is 5.03 Å². The summed E-state index contributed by atoms with van der Waals surface area (Å²) in [6, 6.07) is 1.47. The van der Waals surface area contributed by atoms with Crippen LogP contribution in [-0.4, -0.2) is 26.5 Å². The Morgan fingerprint density at radius 2 is 2.43 bits per heavy atom. The zero-order valence-electron chi connectivity index (χ0n) is 8.10. The average molecular weight is 212 g/mol. The van der Waals surface area contributed by atoms with Crippen molar-refractivity contribution in [2.45, 2.75) is 30.5 Å². The summed E-state index contributed by atoms with van der Waals surface area (Å²) in [5, 5.41) is 17.2. The third-order valence-corrected chi connectivity index (χ3v) is 3.07. The van der Waals surface area contributed by atoms with E-state index in [9.17, 15) is 4.79 Å². The molecule has 0 saturated carbocycles. The van der Waals surface area contributed by atoms with Crippen LogP contribution in [-0.2, 0) is 0 Å². The van der Waals surface area contributed by atoms with Crippen LogP contribution >= 0.6 is 11.8 Å². The molecule has 0 fully saturated rings. The number of aromatic carboxylic acids is 1. The van der Waals surface area contributed by atoms with Crippen molar-refractivity contribution in [2.24, 2.45) is 0 Å². The zero-order chi connectivity index (χ0) is 10.6. The third-order valence-electron chi connectivity index (χ3n) is 1.80. The Morgan fingerprint density at radius 1 is 1.71 bits per heavy atom. The van der Waals surface area contributed by atoms with E-state index in [0.717, 1.165) is 6.42 Å². The summed E-state index contributed by atoms with van der Waals surface area (Å²) in [7, 11) is 0. The van der Waals surface area contributed by atoms with E-state index < -0.39 is 5.97 Å². The molecule has 0 saturated heterocycles. The lowest BCUT2D eigenvalue weighted by Crippen LogP contribution is -2.04. The molecule has 0 aromatic carbocycles. The molecule has 1 aromatic rings. The van der Waals surface area contributed by atoms with Crippen LogP contribution < -0.4 is 0 Å². The van der Waals surface area contributed by atoms with E-state index in [4.69, 9.17) is 5.11 Å². The van der Waals surface area contributed by atoms with Crippen molar-refractivity contribution in [2.75, 3.05) is 0 Å². The van der Waals surface area contributed by atoms with Crippen molar-refractivity contribution in [3.8, 4) is 0 Å². The molecule has 0 aliphatic rings. The summed E-state index contributed by atoms with van der Waals surface area (Å²) in [5.41, 5.74) is 0.227. The Morgan fingerprint density at radius 3 is 3.00 bits per heavy atom. The van der Waals surface area contributed by atoms with E-state index >= 15 is 0 Å². The quantitative estimate of drug-likeness (QED) is 0.774. The second-order valence-corrected chi connectivity index (χ2v) is 4.32. The minimum Gasteiger partial charge on any atom is -0.478 e. The second kappa shape index (κ2) is 4.95. The summed E-state index contributed by atoms with van der Waals surface area (Å²) < 4.78 is 0. The van der Waals surface area contributed by atoms with Gasteiger partial charge >= 0.3 is 5.97 Å². The molecular weight excluding hydrogens is 200 g/mol. The van der Waals surface area contributed by atoms with Gasteiger partial charge < -0.3 is 5.11 Å². The van der Waals surface area contributed by atoms with Gasteiger partial charge in [0.05, 0.1) is 11.8 Å².